The molecule has 0 saturated heterocycles. The molecule has 1 heterocycles. The first-order valence-electron chi connectivity index (χ1n) is 6.45. The quantitative estimate of drug-likeness (QED) is 0.841. The van der Waals surface area contributed by atoms with Gasteiger partial charge in [-0.25, -0.2) is 4.98 Å². The summed E-state index contributed by atoms with van der Waals surface area (Å²) >= 11 is 0. The minimum absolute atomic E-state index is 0.591. The van der Waals surface area contributed by atoms with Crippen molar-refractivity contribution in [3.63, 3.8) is 0 Å². The van der Waals surface area contributed by atoms with Gasteiger partial charge in [-0.2, -0.15) is 0 Å². The summed E-state index contributed by atoms with van der Waals surface area (Å²) in [5, 5.41) is 6.11. The van der Waals surface area contributed by atoms with Gasteiger partial charge < -0.3 is 5.32 Å². The van der Waals surface area contributed by atoms with Crippen molar-refractivity contribution in [1.29, 1.82) is 0 Å². The number of pyridine rings is 1. The molecule has 88 valence electrons. The maximum Gasteiger partial charge on any atom is 0.134 e. The van der Waals surface area contributed by atoms with Gasteiger partial charge in [0.25, 0.3) is 0 Å². The van der Waals surface area contributed by atoms with Crippen LogP contribution in [0.15, 0.2) is 36.5 Å². The summed E-state index contributed by atoms with van der Waals surface area (Å²) in [5.41, 5.74) is 0. The normalized spacial score (nSPS) is 24.1. The molecule has 1 aliphatic carbocycles. The molecule has 0 radical (unpaired) electrons. The van der Waals surface area contributed by atoms with E-state index in [-0.39, 0.29) is 0 Å². The van der Waals surface area contributed by atoms with E-state index in [4.69, 9.17) is 0 Å². The Balaban J connectivity index is 1.94. The van der Waals surface area contributed by atoms with E-state index < -0.39 is 0 Å². The molecule has 2 nitrogen and oxygen atoms in total. The predicted octanol–water partition coefficient (Wildman–Crippen LogP) is 3.84. The van der Waals surface area contributed by atoms with Gasteiger partial charge in [-0.3, -0.25) is 0 Å². The van der Waals surface area contributed by atoms with Crippen LogP contribution in [-0.4, -0.2) is 11.0 Å². The van der Waals surface area contributed by atoms with Gasteiger partial charge in [0, 0.05) is 17.6 Å². The second-order valence-electron chi connectivity index (χ2n) is 5.04. The monoisotopic (exact) mass is 226 g/mol. The van der Waals surface area contributed by atoms with Crippen LogP contribution in [0.4, 0.5) is 5.82 Å². The third kappa shape index (κ3) is 1.99. The first-order chi connectivity index (χ1) is 8.34. The van der Waals surface area contributed by atoms with Gasteiger partial charge >= 0.3 is 0 Å². The van der Waals surface area contributed by atoms with Crippen molar-refractivity contribution in [2.45, 2.75) is 32.2 Å². The van der Waals surface area contributed by atoms with E-state index in [0.717, 1.165) is 11.7 Å². The zero-order valence-corrected chi connectivity index (χ0v) is 10.2. The first-order valence-corrected chi connectivity index (χ1v) is 6.45. The van der Waals surface area contributed by atoms with Crippen LogP contribution < -0.4 is 5.32 Å². The van der Waals surface area contributed by atoms with Crippen molar-refractivity contribution >= 4 is 16.6 Å². The topological polar surface area (TPSA) is 24.9 Å². The second-order valence-corrected chi connectivity index (χ2v) is 5.04. The fourth-order valence-electron chi connectivity index (χ4n) is 2.77. The lowest BCUT2D eigenvalue weighted by Gasteiger charge is -2.19. The van der Waals surface area contributed by atoms with E-state index in [1.807, 2.05) is 6.20 Å². The van der Waals surface area contributed by atoms with E-state index in [2.05, 4.69) is 47.6 Å². The second kappa shape index (κ2) is 4.36. The summed E-state index contributed by atoms with van der Waals surface area (Å²) in [6, 6.07) is 11.1. The number of aromatic nitrogens is 1. The zero-order chi connectivity index (χ0) is 11.7. The van der Waals surface area contributed by atoms with Crippen LogP contribution in [0, 0.1) is 5.92 Å². The van der Waals surface area contributed by atoms with Gasteiger partial charge in [0.1, 0.15) is 5.82 Å². The number of rotatable bonds is 2. The number of anilines is 1. The molecule has 2 aromatic rings. The summed E-state index contributed by atoms with van der Waals surface area (Å²) in [4.78, 5) is 4.49. The highest BCUT2D eigenvalue weighted by molar-refractivity contribution is 5.91. The van der Waals surface area contributed by atoms with E-state index >= 15 is 0 Å². The number of hydrogen-bond acceptors (Lipinski definition) is 2. The van der Waals surface area contributed by atoms with Gasteiger partial charge in [0.2, 0.25) is 0 Å². The molecule has 1 N–H and O–H groups in total. The summed E-state index contributed by atoms with van der Waals surface area (Å²) in [6.07, 6.45) is 5.84. The Bertz CT molecular complexity index is 516. The maximum atomic E-state index is 4.49. The molecule has 1 aromatic carbocycles. The van der Waals surface area contributed by atoms with E-state index in [9.17, 15) is 0 Å². The Morgan fingerprint density at radius 3 is 2.88 bits per heavy atom. The maximum absolute atomic E-state index is 4.49. The van der Waals surface area contributed by atoms with Crippen molar-refractivity contribution in [3.05, 3.63) is 36.5 Å². The number of hydrogen-bond donors (Lipinski definition) is 1. The molecule has 17 heavy (non-hydrogen) atoms. The van der Waals surface area contributed by atoms with Crippen molar-refractivity contribution in [1.82, 2.24) is 4.98 Å². The Morgan fingerprint density at radius 1 is 1.18 bits per heavy atom. The zero-order valence-electron chi connectivity index (χ0n) is 10.2. The molecule has 0 bridgehead atoms. The molecule has 0 spiro atoms. The SMILES string of the molecule is CC1CCCC1Nc1nccc2ccccc12. The van der Waals surface area contributed by atoms with E-state index in [1.165, 1.54) is 30.0 Å². The van der Waals surface area contributed by atoms with Gasteiger partial charge in [-0.15, -0.1) is 0 Å². The minimum Gasteiger partial charge on any atom is -0.367 e. The van der Waals surface area contributed by atoms with Gasteiger partial charge in [0.05, 0.1) is 0 Å². The van der Waals surface area contributed by atoms with E-state index in [1.54, 1.807) is 0 Å². The molecule has 2 unspecified atom stereocenters. The lowest BCUT2D eigenvalue weighted by Crippen LogP contribution is -2.22. The standard InChI is InChI=1S/C15H18N2/c1-11-5-4-8-14(11)17-15-13-7-3-2-6-12(13)9-10-16-15/h2-3,6-7,9-11,14H,4-5,8H2,1H3,(H,16,17). The van der Waals surface area contributed by atoms with Crippen LogP contribution in [0.25, 0.3) is 10.8 Å². The number of nitrogens with zero attached hydrogens (tertiary/aromatic N) is 1. The smallest absolute Gasteiger partial charge is 0.134 e. The Hall–Kier alpha value is -1.57. The fraction of sp³-hybridized carbons (Fsp3) is 0.400. The molecule has 1 fully saturated rings. The molecular weight excluding hydrogens is 208 g/mol. The van der Waals surface area contributed by atoms with E-state index in [0.29, 0.717) is 6.04 Å². The molecule has 1 saturated carbocycles. The Kier molecular flexibility index (Phi) is 2.71. The Labute approximate surface area is 102 Å². The van der Waals surface area contributed by atoms with Gasteiger partial charge in [0.15, 0.2) is 0 Å². The lowest BCUT2D eigenvalue weighted by atomic mass is 10.1. The average molecular weight is 226 g/mol. The van der Waals surface area contributed by atoms with Crippen LogP contribution in [0.5, 0.6) is 0 Å². The third-order valence-electron chi connectivity index (χ3n) is 3.86. The molecule has 2 heteroatoms. The highest BCUT2D eigenvalue weighted by atomic mass is 15.0. The highest BCUT2D eigenvalue weighted by Crippen LogP contribution is 2.29. The van der Waals surface area contributed by atoms with Crippen LogP contribution in [0.3, 0.4) is 0 Å². The summed E-state index contributed by atoms with van der Waals surface area (Å²) in [6.45, 7) is 2.33. The largest absolute Gasteiger partial charge is 0.367 e. The van der Waals surface area contributed by atoms with Crippen LogP contribution >= 0.6 is 0 Å². The molecule has 2 atom stereocenters. The molecule has 0 aliphatic heterocycles. The summed E-state index contributed by atoms with van der Waals surface area (Å²) < 4.78 is 0. The molecule has 1 aliphatic rings. The van der Waals surface area contributed by atoms with Crippen molar-refractivity contribution < 1.29 is 0 Å². The van der Waals surface area contributed by atoms with Gasteiger partial charge in [-0.05, 0) is 30.2 Å². The summed E-state index contributed by atoms with van der Waals surface area (Å²) in [5.74, 6) is 1.80. The lowest BCUT2D eigenvalue weighted by molar-refractivity contribution is 0.555. The highest BCUT2D eigenvalue weighted by Gasteiger charge is 2.23. The Morgan fingerprint density at radius 2 is 2.06 bits per heavy atom. The number of benzene rings is 1. The number of nitrogens with one attached hydrogen (secondary N) is 1. The third-order valence-corrected chi connectivity index (χ3v) is 3.86. The van der Waals surface area contributed by atoms with Crippen molar-refractivity contribution in [2.75, 3.05) is 5.32 Å². The van der Waals surface area contributed by atoms with Gasteiger partial charge in [-0.1, -0.05) is 37.6 Å². The molecular formula is C15H18N2. The summed E-state index contributed by atoms with van der Waals surface area (Å²) in [7, 11) is 0. The number of fused-ring (bicyclic) bond motifs is 1. The fourth-order valence-corrected chi connectivity index (χ4v) is 2.77. The van der Waals surface area contributed by atoms with Crippen LogP contribution in [-0.2, 0) is 0 Å². The van der Waals surface area contributed by atoms with Crippen molar-refractivity contribution in [3.8, 4) is 0 Å². The van der Waals surface area contributed by atoms with Crippen LogP contribution in [0.1, 0.15) is 26.2 Å². The molecule has 0 amide bonds. The van der Waals surface area contributed by atoms with Crippen molar-refractivity contribution in [2.24, 2.45) is 5.92 Å². The first kappa shape index (κ1) is 10.6. The predicted molar refractivity (Wildman–Crippen MR) is 72.2 cm³/mol. The average Bonchev–Trinajstić information content (AvgIpc) is 2.76. The van der Waals surface area contributed by atoms with Crippen LogP contribution in [0.2, 0.25) is 0 Å². The molecule has 1 aromatic heterocycles. The minimum atomic E-state index is 0.591. The molecule has 3 rings (SSSR count).